The minimum atomic E-state index is -0.579. The van der Waals surface area contributed by atoms with Gasteiger partial charge in [0.05, 0.1) is 20.8 Å². The van der Waals surface area contributed by atoms with Crippen molar-refractivity contribution in [2.24, 2.45) is 9.98 Å². The summed E-state index contributed by atoms with van der Waals surface area (Å²) >= 11 is 12.9. The monoisotopic (exact) mass is 455 g/mol. The molecule has 4 rings (SSSR count). The molecule has 4 amide bonds. The fraction of sp³-hybridized carbons (Fsp3) is 0.227. The zero-order valence-electron chi connectivity index (χ0n) is 16.6. The molecule has 2 aliphatic rings. The first-order chi connectivity index (χ1) is 14.8. The number of halogens is 2. The molecule has 0 aromatic heterocycles. The molecule has 31 heavy (non-hydrogen) atoms. The summed E-state index contributed by atoms with van der Waals surface area (Å²) in [7, 11) is 0. The van der Waals surface area contributed by atoms with E-state index < -0.39 is 6.03 Å². The van der Waals surface area contributed by atoms with E-state index in [1.54, 1.807) is 40.1 Å². The number of carbonyl (C=O) groups is 3. The van der Waals surface area contributed by atoms with Crippen molar-refractivity contribution in [3.8, 4) is 11.1 Å². The first kappa shape index (κ1) is 21.2. The molecule has 1 saturated heterocycles. The van der Waals surface area contributed by atoms with Crippen LogP contribution in [0.3, 0.4) is 0 Å². The van der Waals surface area contributed by atoms with Crippen LogP contribution in [0.1, 0.15) is 12.5 Å². The van der Waals surface area contributed by atoms with Gasteiger partial charge in [0.2, 0.25) is 11.8 Å². The second-order valence-corrected chi connectivity index (χ2v) is 7.90. The Hall–Kier alpha value is -3.03. The van der Waals surface area contributed by atoms with Crippen molar-refractivity contribution < 1.29 is 14.4 Å². The molecule has 0 saturated carbocycles. The maximum atomic E-state index is 12.6. The largest absolute Gasteiger partial charge is 0.368 e. The third-order valence-corrected chi connectivity index (χ3v) is 5.80. The highest BCUT2D eigenvalue weighted by Gasteiger charge is 2.21. The lowest BCUT2D eigenvalue weighted by atomic mass is 9.98. The van der Waals surface area contributed by atoms with Gasteiger partial charge in [0.25, 0.3) is 0 Å². The van der Waals surface area contributed by atoms with E-state index >= 15 is 0 Å². The van der Waals surface area contributed by atoms with Crippen LogP contribution in [-0.2, 0) is 9.59 Å². The van der Waals surface area contributed by atoms with E-state index in [0.717, 1.165) is 0 Å². The molecular formula is C22H17Cl2N4O3. The van der Waals surface area contributed by atoms with Gasteiger partial charge in [0.15, 0.2) is 0 Å². The van der Waals surface area contributed by atoms with Crippen LogP contribution in [0, 0.1) is 6.07 Å². The van der Waals surface area contributed by atoms with Crippen LogP contribution in [0.15, 0.2) is 40.3 Å². The molecule has 1 radical (unpaired) electrons. The average molecular weight is 456 g/mol. The van der Waals surface area contributed by atoms with E-state index in [0.29, 0.717) is 63.6 Å². The van der Waals surface area contributed by atoms with Gasteiger partial charge in [0, 0.05) is 56.4 Å². The Balaban J connectivity index is 1.63. The average Bonchev–Trinajstić information content (AvgIpc) is 3.10. The molecule has 0 spiro atoms. The Morgan fingerprint density at radius 2 is 1.71 bits per heavy atom. The van der Waals surface area contributed by atoms with Crippen LogP contribution in [0.2, 0.25) is 10.0 Å². The van der Waals surface area contributed by atoms with Gasteiger partial charge in [-0.3, -0.25) is 9.59 Å². The van der Waals surface area contributed by atoms with Gasteiger partial charge >= 0.3 is 6.03 Å². The maximum Gasteiger partial charge on any atom is 0.368 e. The van der Waals surface area contributed by atoms with Gasteiger partial charge in [-0.1, -0.05) is 35.3 Å². The Morgan fingerprint density at radius 3 is 2.39 bits per heavy atom. The van der Waals surface area contributed by atoms with E-state index in [-0.39, 0.29) is 11.8 Å². The lowest BCUT2D eigenvalue weighted by Crippen LogP contribution is -2.49. The third kappa shape index (κ3) is 4.38. The molecule has 0 unspecified atom stereocenters. The summed E-state index contributed by atoms with van der Waals surface area (Å²) in [5, 5.41) is 1.51. The van der Waals surface area contributed by atoms with Crippen LogP contribution in [0.5, 0.6) is 0 Å². The number of amides is 4. The minimum Gasteiger partial charge on any atom is -0.339 e. The van der Waals surface area contributed by atoms with E-state index in [2.05, 4.69) is 16.1 Å². The number of benzene rings is 2. The smallest absolute Gasteiger partial charge is 0.339 e. The fourth-order valence-electron chi connectivity index (χ4n) is 3.56. The molecule has 2 aromatic rings. The van der Waals surface area contributed by atoms with Crippen molar-refractivity contribution in [2.45, 2.75) is 6.92 Å². The molecule has 0 atom stereocenters. The summed E-state index contributed by atoms with van der Waals surface area (Å²) in [6.07, 6.45) is 3.15. The lowest BCUT2D eigenvalue weighted by Gasteiger charge is -2.33. The van der Waals surface area contributed by atoms with Gasteiger partial charge < -0.3 is 9.80 Å². The lowest BCUT2D eigenvalue weighted by molar-refractivity contribution is -0.135. The zero-order valence-corrected chi connectivity index (χ0v) is 18.1. The first-order valence-corrected chi connectivity index (χ1v) is 10.3. The van der Waals surface area contributed by atoms with E-state index in [1.165, 1.54) is 13.0 Å². The quantitative estimate of drug-likeness (QED) is 0.666. The first-order valence-electron chi connectivity index (χ1n) is 9.57. The van der Waals surface area contributed by atoms with Crippen molar-refractivity contribution in [2.75, 3.05) is 26.2 Å². The molecule has 9 heteroatoms. The van der Waals surface area contributed by atoms with Gasteiger partial charge in [-0.2, -0.15) is 9.98 Å². The normalized spacial score (nSPS) is 15.6. The van der Waals surface area contributed by atoms with Gasteiger partial charge in [-0.15, -0.1) is 0 Å². The predicted octanol–water partition coefficient (Wildman–Crippen LogP) is 2.54. The van der Waals surface area contributed by atoms with Gasteiger partial charge in [-0.25, -0.2) is 4.79 Å². The molecule has 2 aromatic carbocycles. The number of fused-ring (bicyclic) bond motifs is 1. The molecule has 2 aliphatic heterocycles. The zero-order chi connectivity index (χ0) is 22.1. The van der Waals surface area contributed by atoms with Crippen LogP contribution in [-0.4, -0.2) is 53.8 Å². The van der Waals surface area contributed by atoms with Gasteiger partial charge in [0.1, 0.15) is 0 Å². The van der Waals surface area contributed by atoms with E-state index in [4.69, 9.17) is 23.2 Å². The second kappa shape index (κ2) is 8.61. The molecule has 0 bridgehead atoms. The van der Waals surface area contributed by atoms with Crippen molar-refractivity contribution in [3.63, 3.8) is 0 Å². The van der Waals surface area contributed by atoms with Crippen LogP contribution >= 0.6 is 23.2 Å². The number of hydrogen-bond acceptors (Lipinski definition) is 3. The predicted molar refractivity (Wildman–Crippen MR) is 116 cm³/mol. The maximum absolute atomic E-state index is 12.6. The fourth-order valence-corrected chi connectivity index (χ4v) is 4.09. The Kier molecular flexibility index (Phi) is 5.89. The third-order valence-electron chi connectivity index (χ3n) is 5.19. The van der Waals surface area contributed by atoms with Crippen LogP contribution < -0.4 is 10.7 Å². The second-order valence-electron chi connectivity index (χ2n) is 7.11. The minimum absolute atomic E-state index is 0.00919. The van der Waals surface area contributed by atoms with Crippen molar-refractivity contribution in [1.82, 2.24) is 9.80 Å². The highest BCUT2D eigenvalue weighted by atomic mass is 35.5. The summed E-state index contributed by atoms with van der Waals surface area (Å²) in [5.41, 5.74) is 1.82. The van der Waals surface area contributed by atoms with Gasteiger partial charge in [-0.05, 0) is 23.8 Å². The summed E-state index contributed by atoms with van der Waals surface area (Å²) in [6.45, 7) is 3.52. The van der Waals surface area contributed by atoms with Crippen LogP contribution in [0.25, 0.3) is 17.2 Å². The van der Waals surface area contributed by atoms with Crippen molar-refractivity contribution >= 4 is 47.1 Å². The number of piperazine rings is 1. The van der Waals surface area contributed by atoms with Crippen molar-refractivity contribution in [3.05, 3.63) is 62.7 Å². The summed E-state index contributed by atoms with van der Waals surface area (Å²) in [5.74, 6) is -0.146. The summed E-state index contributed by atoms with van der Waals surface area (Å²) < 4.78 is 0. The summed E-state index contributed by atoms with van der Waals surface area (Å²) in [4.78, 5) is 46.7. The highest BCUT2D eigenvalue weighted by molar-refractivity contribution is 6.36. The standard InChI is InChI=1S/C22H17Cl2N4O3/c1-13(29)27-7-9-28(10-8-27)20(30)6-5-14-3-2-4-16(23)21(14)15-11-18-19(12-17(15)24)26-22(31)25-18/h2-3,5-6,11-12H,7-10H2,1H3/b6-5+. The number of rotatable bonds is 3. The molecule has 0 aliphatic carbocycles. The molecule has 157 valence electrons. The van der Waals surface area contributed by atoms with Crippen LogP contribution in [0.4, 0.5) is 4.79 Å². The highest BCUT2D eigenvalue weighted by Crippen LogP contribution is 2.35. The molecule has 2 heterocycles. The SMILES string of the molecule is CC(=O)N1CCN(C(=O)/C=C/c2cc[c]c(Cl)c2-c2cc3c(cc2Cl)=NC(=O)N=3)CC1. The molecule has 7 nitrogen and oxygen atoms in total. The number of carbonyl (C=O) groups excluding carboxylic acids is 3. The number of nitrogens with zero attached hydrogens (tertiary/aromatic N) is 4. The number of hydrogen-bond donors (Lipinski definition) is 0. The number of urea groups is 1. The summed E-state index contributed by atoms with van der Waals surface area (Å²) in [6, 6.07) is 9.00. The molecular weight excluding hydrogens is 439 g/mol. The molecule has 1 fully saturated rings. The van der Waals surface area contributed by atoms with E-state index in [1.807, 2.05) is 0 Å². The Labute approximate surface area is 188 Å². The Morgan fingerprint density at radius 1 is 1.06 bits per heavy atom. The Bertz CT molecular complexity index is 1250. The van der Waals surface area contributed by atoms with Crippen molar-refractivity contribution in [1.29, 1.82) is 0 Å². The topological polar surface area (TPSA) is 82.4 Å². The van der Waals surface area contributed by atoms with E-state index in [9.17, 15) is 14.4 Å². The molecule has 0 N–H and O–H groups in total.